The number of hydrogen-bond donors (Lipinski definition) is 3. The minimum atomic E-state index is -0.0855. The van der Waals surface area contributed by atoms with Crippen molar-refractivity contribution in [3.05, 3.63) is 36.7 Å². The fraction of sp³-hybridized carbons (Fsp3) is 0.286. The van der Waals surface area contributed by atoms with Crippen LogP contribution in [0.2, 0.25) is 0 Å². The molecule has 0 bridgehead atoms. The molecule has 0 saturated heterocycles. The van der Waals surface area contributed by atoms with Gasteiger partial charge < -0.3 is 20.4 Å². The second-order valence-corrected chi connectivity index (χ2v) is 4.24. The van der Waals surface area contributed by atoms with Gasteiger partial charge in [0.2, 0.25) is 5.91 Å². The van der Waals surface area contributed by atoms with Gasteiger partial charge in [-0.15, -0.1) is 24.8 Å². The van der Waals surface area contributed by atoms with Gasteiger partial charge in [0.15, 0.2) is 0 Å². The molecule has 6 nitrogen and oxygen atoms in total. The number of imidazole rings is 1. The van der Waals surface area contributed by atoms with Crippen molar-refractivity contribution >= 4 is 36.4 Å². The zero-order chi connectivity index (χ0) is 14.2. The number of aromatic nitrogens is 2. The minimum absolute atomic E-state index is 0. The van der Waals surface area contributed by atoms with Gasteiger partial charge in [0, 0.05) is 37.3 Å². The molecule has 1 aromatic heterocycles. The molecule has 0 fully saturated rings. The molecule has 0 aliphatic carbocycles. The molecule has 1 aromatic carbocycles. The summed E-state index contributed by atoms with van der Waals surface area (Å²) in [7, 11) is 1.63. The fourth-order valence-electron chi connectivity index (χ4n) is 1.75. The van der Waals surface area contributed by atoms with E-state index in [2.05, 4.69) is 20.6 Å². The molecule has 2 rings (SSSR count). The third-order valence-corrected chi connectivity index (χ3v) is 2.69. The second kappa shape index (κ2) is 11.0. The molecule has 22 heavy (non-hydrogen) atoms. The normalized spacial score (nSPS) is 9.50. The summed E-state index contributed by atoms with van der Waals surface area (Å²) in [5.74, 6) is 0.692. The molecule has 0 aliphatic rings. The number of ether oxygens (including phenoxy) is 1. The van der Waals surface area contributed by atoms with E-state index in [-0.39, 0.29) is 37.3 Å². The molecule has 122 valence electrons. The van der Waals surface area contributed by atoms with Crippen molar-refractivity contribution in [3.63, 3.8) is 0 Å². The maximum absolute atomic E-state index is 11.7. The maximum Gasteiger partial charge on any atom is 0.238 e. The number of methoxy groups -OCH3 is 1. The van der Waals surface area contributed by atoms with Gasteiger partial charge in [0.05, 0.1) is 13.2 Å². The number of hydrogen-bond acceptors (Lipinski definition) is 4. The number of aromatic amines is 1. The molecule has 0 aliphatic heterocycles. The molecule has 0 radical (unpaired) electrons. The Bertz CT molecular complexity index is 550. The van der Waals surface area contributed by atoms with E-state index in [9.17, 15) is 4.79 Å². The Balaban J connectivity index is 0.00000220. The Kier molecular flexibility index (Phi) is 10.2. The summed E-state index contributed by atoms with van der Waals surface area (Å²) in [6.45, 7) is 1.49. The molecular formula is C14H20Cl2N4O2. The summed E-state index contributed by atoms with van der Waals surface area (Å²) in [5.41, 5.74) is 1.68. The van der Waals surface area contributed by atoms with Gasteiger partial charge in [-0.2, -0.15) is 0 Å². The number of anilines is 1. The highest BCUT2D eigenvalue weighted by Gasteiger charge is 2.04. The molecule has 3 N–H and O–H groups in total. The minimum Gasteiger partial charge on any atom is -0.383 e. The number of benzene rings is 1. The van der Waals surface area contributed by atoms with E-state index in [4.69, 9.17) is 4.74 Å². The van der Waals surface area contributed by atoms with Crippen LogP contribution in [0.1, 0.15) is 0 Å². The van der Waals surface area contributed by atoms with Gasteiger partial charge >= 0.3 is 0 Å². The van der Waals surface area contributed by atoms with Crippen LogP contribution >= 0.6 is 24.8 Å². The van der Waals surface area contributed by atoms with Crippen LogP contribution in [0, 0.1) is 0 Å². The zero-order valence-electron chi connectivity index (χ0n) is 12.2. The van der Waals surface area contributed by atoms with E-state index in [0.29, 0.717) is 13.2 Å². The predicted octanol–water partition coefficient (Wildman–Crippen LogP) is 2.09. The number of nitrogens with one attached hydrogen (secondary N) is 3. The van der Waals surface area contributed by atoms with Crippen molar-refractivity contribution in [1.82, 2.24) is 15.3 Å². The van der Waals surface area contributed by atoms with E-state index in [1.807, 2.05) is 24.3 Å². The highest BCUT2D eigenvalue weighted by atomic mass is 35.5. The lowest BCUT2D eigenvalue weighted by Gasteiger charge is -2.07. The fourth-order valence-corrected chi connectivity index (χ4v) is 1.75. The van der Waals surface area contributed by atoms with Crippen LogP contribution in [-0.2, 0) is 9.53 Å². The van der Waals surface area contributed by atoms with Gasteiger partial charge in [-0.1, -0.05) is 12.1 Å². The monoisotopic (exact) mass is 346 g/mol. The van der Waals surface area contributed by atoms with E-state index < -0.39 is 0 Å². The number of halogens is 2. The number of H-pyrrole nitrogens is 1. The number of rotatable bonds is 7. The van der Waals surface area contributed by atoms with E-state index >= 15 is 0 Å². The Labute approximate surface area is 141 Å². The van der Waals surface area contributed by atoms with Crippen LogP contribution < -0.4 is 10.6 Å². The average Bonchev–Trinajstić information content (AvgIpc) is 2.98. The van der Waals surface area contributed by atoms with Crippen LogP contribution in [0.4, 0.5) is 5.69 Å². The maximum atomic E-state index is 11.7. The van der Waals surface area contributed by atoms with Gasteiger partial charge in [0.25, 0.3) is 0 Å². The first kappa shape index (κ1) is 20.4. The molecule has 0 unspecified atom stereocenters. The quantitative estimate of drug-likeness (QED) is 0.670. The Morgan fingerprint density at radius 3 is 2.86 bits per heavy atom. The molecule has 0 atom stereocenters. The molecule has 2 aromatic rings. The largest absolute Gasteiger partial charge is 0.383 e. The summed E-state index contributed by atoms with van der Waals surface area (Å²) in [6.07, 6.45) is 3.46. The highest BCUT2D eigenvalue weighted by Crippen LogP contribution is 2.18. The first-order valence-corrected chi connectivity index (χ1v) is 6.39. The molecule has 0 saturated carbocycles. The van der Waals surface area contributed by atoms with Crippen molar-refractivity contribution in [2.24, 2.45) is 0 Å². The van der Waals surface area contributed by atoms with Crippen LogP contribution in [0.5, 0.6) is 0 Å². The van der Waals surface area contributed by atoms with Crippen LogP contribution in [0.25, 0.3) is 11.4 Å². The Morgan fingerprint density at radius 2 is 2.18 bits per heavy atom. The van der Waals surface area contributed by atoms with Crippen molar-refractivity contribution in [2.45, 2.75) is 0 Å². The summed E-state index contributed by atoms with van der Waals surface area (Å²) in [5, 5.41) is 5.83. The summed E-state index contributed by atoms with van der Waals surface area (Å²) in [4.78, 5) is 19.0. The predicted molar refractivity (Wildman–Crippen MR) is 91.9 cm³/mol. The Hall–Kier alpha value is -1.60. The smallest absolute Gasteiger partial charge is 0.238 e. The topological polar surface area (TPSA) is 79.0 Å². The standard InChI is InChI=1S/C14H18N4O2.2ClH/c1-20-8-7-15-10-13(19)18-12-4-2-3-11(9-12)14-16-5-6-17-14;;/h2-6,9,15H,7-8,10H2,1H3,(H,16,17)(H,18,19);2*1H. The third kappa shape index (κ3) is 6.44. The number of amides is 1. The average molecular weight is 347 g/mol. The molecule has 1 amide bonds. The van der Waals surface area contributed by atoms with Crippen LogP contribution in [-0.4, -0.2) is 42.7 Å². The molecule has 0 spiro atoms. The summed E-state index contributed by atoms with van der Waals surface area (Å²) >= 11 is 0. The third-order valence-electron chi connectivity index (χ3n) is 2.69. The van der Waals surface area contributed by atoms with E-state index in [1.54, 1.807) is 19.5 Å². The zero-order valence-corrected chi connectivity index (χ0v) is 13.8. The van der Waals surface area contributed by atoms with Crippen LogP contribution in [0.3, 0.4) is 0 Å². The van der Waals surface area contributed by atoms with Gasteiger partial charge in [-0.25, -0.2) is 4.98 Å². The highest BCUT2D eigenvalue weighted by molar-refractivity contribution is 5.92. The first-order valence-electron chi connectivity index (χ1n) is 6.39. The second-order valence-electron chi connectivity index (χ2n) is 4.24. The lowest BCUT2D eigenvalue weighted by atomic mass is 10.2. The number of carbonyl (C=O) groups is 1. The van der Waals surface area contributed by atoms with Crippen molar-refractivity contribution < 1.29 is 9.53 Å². The summed E-state index contributed by atoms with van der Waals surface area (Å²) in [6, 6.07) is 7.54. The number of carbonyl (C=O) groups excluding carboxylic acids is 1. The lowest BCUT2D eigenvalue weighted by molar-refractivity contribution is -0.115. The van der Waals surface area contributed by atoms with Crippen molar-refractivity contribution in [1.29, 1.82) is 0 Å². The summed E-state index contributed by atoms with van der Waals surface area (Å²) < 4.78 is 4.89. The molecular weight excluding hydrogens is 327 g/mol. The van der Waals surface area contributed by atoms with E-state index in [1.165, 1.54) is 0 Å². The first-order chi connectivity index (χ1) is 9.79. The Morgan fingerprint density at radius 1 is 1.36 bits per heavy atom. The molecule has 8 heteroatoms. The van der Waals surface area contributed by atoms with Gasteiger partial charge in [-0.05, 0) is 12.1 Å². The van der Waals surface area contributed by atoms with Gasteiger partial charge in [0.1, 0.15) is 5.82 Å². The lowest BCUT2D eigenvalue weighted by Crippen LogP contribution is -2.30. The van der Waals surface area contributed by atoms with Crippen molar-refractivity contribution in [2.75, 3.05) is 32.1 Å². The van der Waals surface area contributed by atoms with Crippen LogP contribution in [0.15, 0.2) is 36.7 Å². The molecule has 1 heterocycles. The van der Waals surface area contributed by atoms with Gasteiger partial charge in [-0.3, -0.25) is 4.79 Å². The van der Waals surface area contributed by atoms with Crippen molar-refractivity contribution in [3.8, 4) is 11.4 Å². The van der Waals surface area contributed by atoms with E-state index in [0.717, 1.165) is 17.1 Å². The SMILES string of the molecule is COCCNCC(=O)Nc1cccc(-c2ncc[nH]2)c1.Cl.Cl. The number of nitrogens with zero attached hydrogens (tertiary/aromatic N) is 1.